The van der Waals surface area contributed by atoms with E-state index in [1.165, 1.54) is 24.3 Å². The molecule has 98 valence electrons. The summed E-state index contributed by atoms with van der Waals surface area (Å²) in [6, 6.07) is 1.20. The Morgan fingerprint density at radius 2 is 2.18 bits per heavy atom. The van der Waals surface area contributed by atoms with Gasteiger partial charge in [-0.2, -0.15) is 11.8 Å². The quantitative estimate of drug-likeness (QED) is 0.834. The van der Waals surface area contributed by atoms with Crippen LogP contribution in [0.2, 0.25) is 0 Å². The molecule has 2 heterocycles. The molecule has 0 aromatic carbocycles. The zero-order valence-electron chi connectivity index (χ0n) is 10.9. The predicted molar refractivity (Wildman–Crippen MR) is 73.3 cm³/mol. The van der Waals surface area contributed by atoms with Gasteiger partial charge in [0.25, 0.3) is 0 Å². The number of hydrogen-bond acceptors (Lipinski definition) is 3. The van der Waals surface area contributed by atoms with Crippen LogP contribution in [0, 0.1) is 5.92 Å². The van der Waals surface area contributed by atoms with Crippen LogP contribution in [0.1, 0.15) is 33.1 Å². The van der Waals surface area contributed by atoms with Gasteiger partial charge in [0.05, 0.1) is 0 Å². The molecule has 2 saturated heterocycles. The number of likely N-dealkylation sites (tertiary alicyclic amines) is 1. The van der Waals surface area contributed by atoms with Crippen LogP contribution in [0.3, 0.4) is 0 Å². The summed E-state index contributed by atoms with van der Waals surface area (Å²) in [5.41, 5.74) is 0. The lowest BCUT2D eigenvalue weighted by molar-refractivity contribution is -0.133. The van der Waals surface area contributed by atoms with Crippen LogP contribution in [-0.2, 0) is 4.79 Å². The number of nitrogens with one attached hydrogen (secondary N) is 1. The summed E-state index contributed by atoms with van der Waals surface area (Å²) in [5, 5.41) is 3.73. The summed E-state index contributed by atoms with van der Waals surface area (Å²) in [5.74, 6) is 3.02. The number of rotatable bonds is 3. The molecular weight excluding hydrogens is 232 g/mol. The number of carbonyl (C=O) groups excluding carboxylic acids is 1. The second kappa shape index (κ2) is 6.10. The van der Waals surface area contributed by atoms with Crippen LogP contribution in [0.4, 0.5) is 0 Å². The summed E-state index contributed by atoms with van der Waals surface area (Å²) >= 11 is 2.06. The topological polar surface area (TPSA) is 32.3 Å². The maximum Gasteiger partial charge on any atom is 0.225 e. The Morgan fingerprint density at radius 1 is 1.35 bits per heavy atom. The van der Waals surface area contributed by atoms with Crippen molar-refractivity contribution in [2.45, 2.75) is 45.2 Å². The van der Waals surface area contributed by atoms with E-state index >= 15 is 0 Å². The molecule has 1 amide bonds. The van der Waals surface area contributed by atoms with E-state index in [1.807, 2.05) is 18.7 Å². The van der Waals surface area contributed by atoms with Crippen molar-refractivity contribution >= 4 is 17.7 Å². The van der Waals surface area contributed by atoms with Gasteiger partial charge < -0.3 is 10.2 Å². The maximum atomic E-state index is 11.9. The van der Waals surface area contributed by atoms with E-state index in [-0.39, 0.29) is 5.92 Å². The largest absolute Gasteiger partial charge is 0.341 e. The monoisotopic (exact) mass is 256 g/mol. The van der Waals surface area contributed by atoms with Crippen LogP contribution in [0.5, 0.6) is 0 Å². The van der Waals surface area contributed by atoms with E-state index in [0.717, 1.165) is 19.5 Å². The normalized spacial score (nSPS) is 29.9. The third kappa shape index (κ3) is 3.62. The molecule has 0 aliphatic carbocycles. The van der Waals surface area contributed by atoms with Gasteiger partial charge in [-0.15, -0.1) is 0 Å². The molecule has 0 aromatic rings. The third-order valence-electron chi connectivity index (χ3n) is 3.63. The molecule has 0 aromatic heterocycles. The number of hydrogen-bond donors (Lipinski definition) is 1. The first kappa shape index (κ1) is 13.2. The predicted octanol–water partition coefficient (Wildman–Crippen LogP) is 1.73. The van der Waals surface area contributed by atoms with Crippen molar-refractivity contribution in [2.75, 3.05) is 24.6 Å². The summed E-state index contributed by atoms with van der Waals surface area (Å²) in [7, 11) is 0. The van der Waals surface area contributed by atoms with Gasteiger partial charge in [-0.3, -0.25) is 4.79 Å². The van der Waals surface area contributed by atoms with Crippen LogP contribution >= 0.6 is 11.8 Å². The molecule has 1 N–H and O–H groups in total. The first-order valence-electron chi connectivity index (χ1n) is 6.79. The molecule has 0 saturated carbocycles. The van der Waals surface area contributed by atoms with Gasteiger partial charge in [0.2, 0.25) is 5.91 Å². The Bertz CT molecular complexity index is 264. The summed E-state index contributed by atoms with van der Waals surface area (Å²) in [6.45, 7) is 5.83. The van der Waals surface area contributed by atoms with Crippen molar-refractivity contribution in [3.8, 4) is 0 Å². The molecule has 0 radical (unpaired) electrons. The lowest BCUT2D eigenvalue weighted by Gasteiger charge is -2.26. The van der Waals surface area contributed by atoms with Crippen molar-refractivity contribution in [1.82, 2.24) is 10.2 Å². The highest BCUT2D eigenvalue weighted by Crippen LogP contribution is 2.19. The van der Waals surface area contributed by atoms with E-state index < -0.39 is 0 Å². The van der Waals surface area contributed by atoms with Crippen LogP contribution in [-0.4, -0.2) is 47.5 Å². The van der Waals surface area contributed by atoms with E-state index in [2.05, 4.69) is 17.1 Å². The SMILES string of the molecule is CC(C)C(=O)N1CC[C@H](N[C@@H]2CCCSC2)C1. The minimum atomic E-state index is 0.138. The average molecular weight is 256 g/mol. The van der Waals surface area contributed by atoms with Gasteiger partial charge in [-0.1, -0.05) is 13.8 Å². The van der Waals surface area contributed by atoms with Crippen molar-refractivity contribution in [2.24, 2.45) is 5.92 Å². The Kier molecular flexibility index (Phi) is 4.74. The highest BCUT2D eigenvalue weighted by molar-refractivity contribution is 7.99. The third-order valence-corrected chi connectivity index (χ3v) is 4.84. The smallest absolute Gasteiger partial charge is 0.225 e. The van der Waals surface area contributed by atoms with Crippen molar-refractivity contribution in [3.63, 3.8) is 0 Å². The lowest BCUT2D eigenvalue weighted by atomic mass is 10.1. The molecule has 2 rings (SSSR count). The molecule has 4 heteroatoms. The molecule has 2 fully saturated rings. The van der Waals surface area contributed by atoms with Gasteiger partial charge in [0.15, 0.2) is 0 Å². The van der Waals surface area contributed by atoms with E-state index in [4.69, 9.17) is 0 Å². The Morgan fingerprint density at radius 3 is 2.82 bits per heavy atom. The molecule has 0 spiro atoms. The zero-order chi connectivity index (χ0) is 12.3. The lowest BCUT2D eigenvalue weighted by Crippen LogP contribution is -2.43. The fourth-order valence-electron chi connectivity index (χ4n) is 2.67. The molecule has 17 heavy (non-hydrogen) atoms. The first-order valence-corrected chi connectivity index (χ1v) is 7.95. The second-order valence-corrected chi connectivity index (χ2v) is 6.66. The van der Waals surface area contributed by atoms with Crippen LogP contribution in [0.15, 0.2) is 0 Å². The molecule has 0 unspecified atom stereocenters. The Balaban J connectivity index is 1.75. The zero-order valence-corrected chi connectivity index (χ0v) is 11.8. The molecular formula is C13H24N2OS. The minimum absolute atomic E-state index is 0.138. The second-order valence-electron chi connectivity index (χ2n) is 5.51. The van der Waals surface area contributed by atoms with E-state index in [1.54, 1.807) is 0 Å². The van der Waals surface area contributed by atoms with Gasteiger partial charge >= 0.3 is 0 Å². The molecule has 2 aliphatic rings. The van der Waals surface area contributed by atoms with E-state index in [0.29, 0.717) is 18.0 Å². The van der Waals surface area contributed by atoms with Crippen molar-refractivity contribution in [3.05, 3.63) is 0 Å². The Hall–Kier alpha value is -0.220. The average Bonchev–Trinajstić information content (AvgIpc) is 2.77. The summed E-state index contributed by atoms with van der Waals surface area (Å²) < 4.78 is 0. The number of carbonyl (C=O) groups is 1. The number of amides is 1. The van der Waals surface area contributed by atoms with Gasteiger partial charge in [0.1, 0.15) is 0 Å². The standard InChI is InChI=1S/C13H24N2OS/c1-10(2)13(16)15-6-5-11(8-15)14-12-4-3-7-17-9-12/h10-12,14H,3-9H2,1-2H3/t11-,12+/m0/s1. The van der Waals surface area contributed by atoms with Gasteiger partial charge in [0, 0.05) is 36.8 Å². The number of thioether (sulfide) groups is 1. The molecule has 0 bridgehead atoms. The van der Waals surface area contributed by atoms with Crippen molar-refractivity contribution in [1.29, 1.82) is 0 Å². The van der Waals surface area contributed by atoms with Crippen LogP contribution in [0.25, 0.3) is 0 Å². The van der Waals surface area contributed by atoms with E-state index in [9.17, 15) is 4.79 Å². The van der Waals surface area contributed by atoms with Crippen molar-refractivity contribution < 1.29 is 4.79 Å². The summed E-state index contributed by atoms with van der Waals surface area (Å²) in [6.07, 6.45) is 3.77. The molecule has 2 aliphatic heterocycles. The van der Waals surface area contributed by atoms with Gasteiger partial charge in [-0.05, 0) is 25.0 Å². The highest BCUT2D eigenvalue weighted by Gasteiger charge is 2.29. The fourth-order valence-corrected chi connectivity index (χ4v) is 3.75. The van der Waals surface area contributed by atoms with Crippen LogP contribution < -0.4 is 5.32 Å². The fraction of sp³-hybridized carbons (Fsp3) is 0.923. The first-order chi connectivity index (χ1) is 8.16. The maximum absolute atomic E-state index is 11.9. The Labute approximate surface area is 109 Å². The summed E-state index contributed by atoms with van der Waals surface area (Å²) in [4.78, 5) is 13.9. The van der Waals surface area contributed by atoms with Gasteiger partial charge in [-0.25, -0.2) is 0 Å². The molecule has 3 nitrogen and oxygen atoms in total. The minimum Gasteiger partial charge on any atom is -0.341 e. The molecule has 2 atom stereocenters. The number of nitrogens with zero attached hydrogens (tertiary/aromatic N) is 1. The highest BCUT2D eigenvalue weighted by atomic mass is 32.2.